The molecule has 0 atom stereocenters. The summed E-state index contributed by atoms with van der Waals surface area (Å²) >= 11 is 2.28. The van der Waals surface area contributed by atoms with Crippen molar-refractivity contribution in [1.82, 2.24) is 9.97 Å². The van der Waals surface area contributed by atoms with Gasteiger partial charge in [-0.25, -0.2) is 9.97 Å². The third kappa shape index (κ3) is 2.20. The van der Waals surface area contributed by atoms with Gasteiger partial charge in [-0.2, -0.15) is 0 Å². The van der Waals surface area contributed by atoms with E-state index < -0.39 is 0 Å². The van der Waals surface area contributed by atoms with Crippen molar-refractivity contribution in [3.63, 3.8) is 0 Å². The number of hydrogen-bond donors (Lipinski definition) is 1. The number of nitrogen functional groups attached to an aromatic ring is 1. The zero-order valence-electron chi connectivity index (χ0n) is 9.69. The quantitative estimate of drug-likeness (QED) is 0.800. The SMILES string of the molecule is Nc1nc(-c2cccc(I)c2)nc2c1COCC2. The van der Waals surface area contributed by atoms with Crippen LogP contribution in [0.3, 0.4) is 0 Å². The average molecular weight is 353 g/mol. The highest BCUT2D eigenvalue weighted by atomic mass is 127. The fraction of sp³-hybridized carbons (Fsp3) is 0.231. The second-order valence-electron chi connectivity index (χ2n) is 4.17. The van der Waals surface area contributed by atoms with Gasteiger partial charge in [0.05, 0.1) is 18.9 Å². The molecule has 18 heavy (non-hydrogen) atoms. The number of aromatic nitrogens is 2. The number of ether oxygens (including phenoxy) is 1. The van der Waals surface area contributed by atoms with Gasteiger partial charge >= 0.3 is 0 Å². The first-order valence-corrected chi connectivity index (χ1v) is 6.81. The minimum Gasteiger partial charge on any atom is -0.383 e. The lowest BCUT2D eigenvalue weighted by molar-refractivity contribution is 0.109. The number of anilines is 1. The fourth-order valence-electron chi connectivity index (χ4n) is 2.01. The monoisotopic (exact) mass is 353 g/mol. The van der Waals surface area contributed by atoms with Crippen LogP contribution >= 0.6 is 22.6 Å². The van der Waals surface area contributed by atoms with Crippen molar-refractivity contribution in [2.45, 2.75) is 13.0 Å². The maximum atomic E-state index is 5.98. The van der Waals surface area contributed by atoms with Crippen LogP contribution in [0.25, 0.3) is 11.4 Å². The molecule has 0 saturated heterocycles. The molecule has 2 heterocycles. The van der Waals surface area contributed by atoms with E-state index in [-0.39, 0.29) is 0 Å². The van der Waals surface area contributed by atoms with Gasteiger partial charge in [0.2, 0.25) is 0 Å². The molecule has 1 aliphatic rings. The number of nitrogens with two attached hydrogens (primary N) is 1. The van der Waals surface area contributed by atoms with Crippen molar-refractivity contribution >= 4 is 28.4 Å². The van der Waals surface area contributed by atoms with Crippen molar-refractivity contribution in [2.75, 3.05) is 12.3 Å². The smallest absolute Gasteiger partial charge is 0.161 e. The Kier molecular flexibility index (Phi) is 3.17. The molecule has 2 aromatic rings. The van der Waals surface area contributed by atoms with Gasteiger partial charge in [0.1, 0.15) is 5.82 Å². The molecule has 0 fully saturated rings. The summed E-state index contributed by atoms with van der Waals surface area (Å²) in [5, 5.41) is 0. The minimum atomic E-state index is 0.522. The Hall–Kier alpha value is -1.21. The van der Waals surface area contributed by atoms with Gasteiger partial charge in [0.25, 0.3) is 0 Å². The van der Waals surface area contributed by atoms with E-state index in [1.165, 1.54) is 0 Å². The van der Waals surface area contributed by atoms with Gasteiger partial charge in [-0.1, -0.05) is 12.1 Å². The van der Waals surface area contributed by atoms with E-state index in [9.17, 15) is 0 Å². The van der Waals surface area contributed by atoms with Crippen LogP contribution in [-0.2, 0) is 17.8 Å². The van der Waals surface area contributed by atoms with Gasteiger partial charge in [0.15, 0.2) is 5.82 Å². The number of halogens is 1. The average Bonchev–Trinajstić information content (AvgIpc) is 2.39. The van der Waals surface area contributed by atoms with Crippen molar-refractivity contribution in [3.05, 3.63) is 39.1 Å². The van der Waals surface area contributed by atoms with E-state index in [0.29, 0.717) is 24.9 Å². The lowest BCUT2D eigenvalue weighted by Crippen LogP contribution is -2.16. The molecule has 3 rings (SSSR count). The summed E-state index contributed by atoms with van der Waals surface area (Å²) in [7, 11) is 0. The lowest BCUT2D eigenvalue weighted by atomic mass is 10.1. The van der Waals surface area contributed by atoms with Crippen LogP contribution in [0.15, 0.2) is 24.3 Å². The van der Waals surface area contributed by atoms with Gasteiger partial charge in [-0.15, -0.1) is 0 Å². The Morgan fingerprint density at radius 2 is 2.17 bits per heavy atom. The third-order valence-corrected chi connectivity index (χ3v) is 3.61. The summed E-state index contributed by atoms with van der Waals surface area (Å²) < 4.78 is 6.54. The van der Waals surface area contributed by atoms with E-state index in [4.69, 9.17) is 10.5 Å². The summed E-state index contributed by atoms with van der Waals surface area (Å²) in [6.45, 7) is 1.23. The van der Waals surface area contributed by atoms with Gasteiger partial charge in [-0.3, -0.25) is 0 Å². The summed E-state index contributed by atoms with van der Waals surface area (Å²) in [4.78, 5) is 8.99. The summed E-state index contributed by atoms with van der Waals surface area (Å²) in [6, 6.07) is 8.10. The Morgan fingerprint density at radius 1 is 1.28 bits per heavy atom. The second kappa shape index (κ2) is 4.81. The Bertz CT molecular complexity index is 601. The highest BCUT2D eigenvalue weighted by Crippen LogP contribution is 2.25. The number of benzene rings is 1. The van der Waals surface area contributed by atoms with Crippen LogP contribution in [0.4, 0.5) is 5.82 Å². The molecule has 1 aliphatic heterocycles. The molecule has 4 nitrogen and oxygen atoms in total. The standard InChI is InChI=1S/C13H12IN3O/c14-9-3-1-2-8(6-9)13-16-11-4-5-18-7-10(11)12(15)17-13/h1-3,6H,4-5,7H2,(H2,15,16,17). The predicted molar refractivity (Wildman–Crippen MR) is 78.0 cm³/mol. The lowest BCUT2D eigenvalue weighted by Gasteiger charge is -2.17. The Morgan fingerprint density at radius 3 is 3.00 bits per heavy atom. The molecule has 2 N–H and O–H groups in total. The molecule has 0 radical (unpaired) electrons. The van der Waals surface area contributed by atoms with Crippen molar-refractivity contribution < 1.29 is 4.74 Å². The molecular formula is C13H12IN3O. The maximum Gasteiger partial charge on any atom is 0.161 e. The van der Waals surface area contributed by atoms with Crippen LogP contribution in [0.1, 0.15) is 11.3 Å². The first kappa shape index (κ1) is 11.9. The summed E-state index contributed by atoms with van der Waals surface area (Å²) in [5.41, 5.74) is 8.94. The van der Waals surface area contributed by atoms with Crippen LogP contribution in [0, 0.1) is 3.57 Å². The largest absolute Gasteiger partial charge is 0.383 e. The van der Waals surface area contributed by atoms with E-state index in [0.717, 1.165) is 26.8 Å². The Labute approximate surface area is 119 Å². The third-order valence-electron chi connectivity index (χ3n) is 2.94. The first-order valence-electron chi connectivity index (χ1n) is 5.73. The van der Waals surface area contributed by atoms with Gasteiger partial charge < -0.3 is 10.5 Å². The molecule has 0 bridgehead atoms. The van der Waals surface area contributed by atoms with Crippen LogP contribution < -0.4 is 5.73 Å². The molecular weight excluding hydrogens is 341 g/mol. The fourth-order valence-corrected chi connectivity index (χ4v) is 2.56. The summed E-state index contributed by atoms with van der Waals surface area (Å²) in [6.07, 6.45) is 0.805. The topological polar surface area (TPSA) is 61.0 Å². The van der Waals surface area contributed by atoms with Crippen molar-refractivity contribution in [2.24, 2.45) is 0 Å². The van der Waals surface area contributed by atoms with Crippen LogP contribution in [0.5, 0.6) is 0 Å². The van der Waals surface area contributed by atoms with Crippen LogP contribution in [-0.4, -0.2) is 16.6 Å². The first-order chi connectivity index (χ1) is 8.74. The maximum absolute atomic E-state index is 5.98. The van der Waals surface area contributed by atoms with E-state index in [1.807, 2.05) is 18.2 Å². The highest BCUT2D eigenvalue weighted by molar-refractivity contribution is 14.1. The minimum absolute atomic E-state index is 0.522. The number of rotatable bonds is 1. The zero-order chi connectivity index (χ0) is 12.5. The van der Waals surface area contributed by atoms with Crippen LogP contribution in [0.2, 0.25) is 0 Å². The van der Waals surface area contributed by atoms with Crippen molar-refractivity contribution in [3.8, 4) is 11.4 Å². The number of fused-ring (bicyclic) bond motifs is 1. The number of hydrogen-bond acceptors (Lipinski definition) is 4. The molecule has 92 valence electrons. The molecule has 1 aromatic heterocycles. The second-order valence-corrected chi connectivity index (χ2v) is 5.42. The van der Waals surface area contributed by atoms with Crippen molar-refractivity contribution in [1.29, 1.82) is 0 Å². The molecule has 0 spiro atoms. The predicted octanol–water partition coefficient (Wildman–Crippen LogP) is 2.40. The normalized spacial score (nSPS) is 14.3. The summed E-state index contributed by atoms with van der Waals surface area (Å²) in [5.74, 6) is 1.24. The molecule has 0 unspecified atom stereocenters. The molecule has 1 aromatic carbocycles. The molecule has 0 amide bonds. The Balaban J connectivity index is 2.11. The highest BCUT2D eigenvalue weighted by Gasteiger charge is 2.17. The van der Waals surface area contributed by atoms with E-state index >= 15 is 0 Å². The molecule has 0 saturated carbocycles. The number of nitrogens with zero attached hydrogens (tertiary/aromatic N) is 2. The van der Waals surface area contributed by atoms with Gasteiger partial charge in [0, 0.05) is 21.1 Å². The molecule has 0 aliphatic carbocycles. The van der Waals surface area contributed by atoms with E-state index in [1.54, 1.807) is 0 Å². The van der Waals surface area contributed by atoms with Gasteiger partial charge in [-0.05, 0) is 34.7 Å². The van der Waals surface area contributed by atoms with E-state index in [2.05, 4.69) is 38.6 Å². The zero-order valence-corrected chi connectivity index (χ0v) is 11.8. The molecule has 5 heteroatoms.